The first-order chi connectivity index (χ1) is 8.79. The van der Waals surface area contributed by atoms with Crippen LogP contribution in [0.15, 0.2) is 0 Å². The van der Waals surface area contributed by atoms with Crippen molar-refractivity contribution in [3.05, 3.63) is 0 Å². The zero-order valence-electron chi connectivity index (χ0n) is 12.6. The third-order valence-corrected chi connectivity index (χ3v) is 4.00. The molecule has 0 aromatic rings. The number of hydrogen-bond acceptors (Lipinski definition) is 3. The fourth-order valence-corrected chi connectivity index (χ4v) is 2.45. The van der Waals surface area contributed by atoms with Crippen LogP contribution in [0.2, 0.25) is 0 Å². The minimum absolute atomic E-state index is 0.734. The summed E-state index contributed by atoms with van der Waals surface area (Å²) in [5, 5.41) is 3.56. The molecule has 0 spiro atoms. The van der Waals surface area contributed by atoms with E-state index in [4.69, 9.17) is 4.74 Å². The third-order valence-electron chi connectivity index (χ3n) is 4.00. The molecule has 0 heterocycles. The lowest BCUT2D eigenvalue weighted by atomic mass is 10.2. The third kappa shape index (κ3) is 6.72. The molecule has 1 aliphatic rings. The number of nitrogens with zero attached hydrogens (tertiary/aromatic N) is 1. The van der Waals surface area contributed by atoms with Gasteiger partial charge in [0.1, 0.15) is 0 Å². The summed E-state index contributed by atoms with van der Waals surface area (Å²) in [7, 11) is 1.79. The quantitative estimate of drug-likeness (QED) is 0.543. The maximum absolute atomic E-state index is 5.22. The highest BCUT2D eigenvalue weighted by Gasteiger charge is 2.31. The smallest absolute Gasteiger partial charge is 0.0589 e. The van der Waals surface area contributed by atoms with Crippen LogP contribution < -0.4 is 5.32 Å². The predicted octanol–water partition coefficient (Wildman–Crippen LogP) is 2.51. The van der Waals surface area contributed by atoms with Crippen molar-refractivity contribution in [2.24, 2.45) is 5.92 Å². The van der Waals surface area contributed by atoms with Crippen LogP contribution in [-0.2, 0) is 4.74 Å². The first-order valence-electron chi connectivity index (χ1n) is 7.73. The molecule has 108 valence electrons. The van der Waals surface area contributed by atoms with Gasteiger partial charge in [-0.3, -0.25) is 4.90 Å². The van der Waals surface area contributed by atoms with E-state index in [1.54, 1.807) is 7.11 Å². The largest absolute Gasteiger partial charge is 0.383 e. The van der Waals surface area contributed by atoms with E-state index in [9.17, 15) is 0 Å². The van der Waals surface area contributed by atoms with Crippen molar-refractivity contribution in [2.45, 2.75) is 52.0 Å². The molecular formula is C15H32N2O. The summed E-state index contributed by atoms with van der Waals surface area (Å²) in [5.74, 6) is 0.946. The predicted molar refractivity (Wildman–Crippen MR) is 78.0 cm³/mol. The Hall–Kier alpha value is -0.120. The van der Waals surface area contributed by atoms with Crippen molar-refractivity contribution in [2.75, 3.05) is 39.9 Å². The summed E-state index contributed by atoms with van der Waals surface area (Å²) >= 11 is 0. The van der Waals surface area contributed by atoms with Gasteiger partial charge in [0.15, 0.2) is 0 Å². The highest BCUT2D eigenvalue weighted by Crippen LogP contribution is 2.34. The van der Waals surface area contributed by atoms with E-state index in [1.807, 2.05) is 0 Å². The molecule has 0 aromatic heterocycles. The molecule has 0 bridgehead atoms. The van der Waals surface area contributed by atoms with Crippen molar-refractivity contribution < 1.29 is 4.74 Å². The summed E-state index contributed by atoms with van der Waals surface area (Å²) in [5.41, 5.74) is 0. The number of unbranched alkanes of at least 4 members (excludes halogenated alkanes) is 2. The molecule has 1 atom stereocenters. The normalized spacial score (nSPS) is 17.3. The maximum Gasteiger partial charge on any atom is 0.0589 e. The second kappa shape index (κ2) is 9.76. The molecule has 0 saturated heterocycles. The molecule has 0 aromatic carbocycles. The highest BCUT2D eigenvalue weighted by atomic mass is 16.5. The monoisotopic (exact) mass is 256 g/mol. The SMILES string of the molecule is CCCCCNCCN(CCOC)C(C)C1CC1. The number of ether oxygens (including phenoxy) is 1. The van der Waals surface area contributed by atoms with E-state index in [-0.39, 0.29) is 0 Å². The van der Waals surface area contributed by atoms with Gasteiger partial charge in [-0.15, -0.1) is 0 Å². The van der Waals surface area contributed by atoms with Crippen LogP contribution in [0.4, 0.5) is 0 Å². The topological polar surface area (TPSA) is 24.5 Å². The first-order valence-corrected chi connectivity index (χ1v) is 7.73. The van der Waals surface area contributed by atoms with Crippen LogP contribution in [0.5, 0.6) is 0 Å². The Morgan fingerprint density at radius 2 is 2.00 bits per heavy atom. The minimum Gasteiger partial charge on any atom is -0.383 e. The summed E-state index contributed by atoms with van der Waals surface area (Å²) in [6.07, 6.45) is 6.81. The van der Waals surface area contributed by atoms with E-state index >= 15 is 0 Å². The Morgan fingerprint density at radius 1 is 1.22 bits per heavy atom. The molecule has 3 heteroatoms. The number of hydrogen-bond donors (Lipinski definition) is 1. The molecule has 0 aliphatic heterocycles. The Bertz CT molecular complexity index is 195. The average molecular weight is 256 g/mol. The van der Waals surface area contributed by atoms with Gasteiger partial charge >= 0.3 is 0 Å². The van der Waals surface area contributed by atoms with E-state index in [1.165, 1.54) is 38.6 Å². The fraction of sp³-hybridized carbons (Fsp3) is 1.00. The van der Waals surface area contributed by atoms with Crippen LogP contribution in [0.3, 0.4) is 0 Å². The average Bonchev–Trinajstić information content (AvgIpc) is 3.20. The molecule has 1 N–H and O–H groups in total. The van der Waals surface area contributed by atoms with Gasteiger partial charge in [0.25, 0.3) is 0 Å². The van der Waals surface area contributed by atoms with E-state index in [0.29, 0.717) is 0 Å². The van der Waals surface area contributed by atoms with Crippen LogP contribution in [0.25, 0.3) is 0 Å². The zero-order valence-corrected chi connectivity index (χ0v) is 12.6. The fourth-order valence-electron chi connectivity index (χ4n) is 2.45. The lowest BCUT2D eigenvalue weighted by Gasteiger charge is -2.29. The van der Waals surface area contributed by atoms with Crippen molar-refractivity contribution in [1.29, 1.82) is 0 Å². The number of nitrogens with one attached hydrogen (secondary N) is 1. The molecule has 1 fully saturated rings. The van der Waals surface area contributed by atoms with Gasteiger partial charge in [-0.2, -0.15) is 0 Å². The van der Waals surface area contributed by atoms with Crippen molar-refractivity contribution in [1.82, 2.24) is 10.2 Å². The first kappa shape index (κ1) is 15.9. The van der Waals surface area contributed by atoms with Gasteiger partial charge in [-0.1, -0.05) is 19.8 Å². The Kier molecular flexibility index (Phi) is 8.64. The molecule has 0 amide bonds. The number of methoxy groups -OCH3 is 1. The zero-order chi connectivity index (χ0) is 13.2. The van der Waals surface area contributed by atoms with Crippen molar-refractivity contribution in [3.63, 3.8) is 0 Å². The highest BCUT2D eigenvalue weighted by molar-refractivity contribution is 4.85. The Labute approximate surface area is 113 Å². The summed E-state index contributed by atoms with van der Waals surface area (Å²) < 4.78 is 5.22. The van der Waals surface area contributed by atoms with Crippen LogP contribution in [0, 0.1) is 5.92 Å². The van der Waals surface area contributed by atoms with Gasteiger partial charge in [0.05, 0.1) is 6.61 Å². The van der Waals surface area contributed by atoms with E-state index in [2.05, 4.69) is 24.1 Å². The summed E-state index contributed by atoms with van der Waals surface area (Å²) in [6.45, 7) is 10.0. The molecule has 0 radical (unpaired) electrons. The Morgan fingerprint density at radius 3 is 2.61 bits per heavy atom. The molecule has 3 nitrogen and oxygen atoms in total. The molecule has 1 rings (SSSR count). The summed E-state index contributed by atoms with van der Waals surface area (Å²) in [6, 6.07) is 0.734. The van der Waals surface area contributed by atoms with Crippen molar-refractivity contribution >= 4 is 0 Å². The molecule has 18 heavy (non-hydrogen) atoms. The second-order valence-corrected chi connectivity index (χ2v) is 5.56. The molecule has 1 saturated carbocycles. The van der Waals surface area contributed by atoms with Gasteiger partial charge < -0.3 is 10.1 Å². The number of rotatable bonds is 12. The van der Waals surface area contributed by atoms with Gasteiger partial charge in [-0.05, 0) is 38.6 Å². The standard InChI is InChI=1S/C15H32N2O/c1-4-5-6-9-16-10-11-17(12-13-18-3)14(2)15-7-8-15/h14-16H,4-13H2,1-3H3. The van der Waals surface area contributed by atoms with Gasteiger partial charge in [-0.25, -0.2) is 0 Å². The van der Waals surface area contributed by atoms with Crippen LogP contribution in [-0.4, -0.2) is 50.8 Å². The van der Waals surface area contributed by atoms with E-state index in [0.717, 1.165) is 38.2 Å². The maximum atomic E-state index is 5.22. The lowest BCUT2D eigenvalue weighted by molar-refractivity contribution is 0.117. The van der Waals surface area contributed by atoms with Crippen molar-refractivity contribution in [3.8, 4) is 0 Å². The van der Waals surface area contributed by atoms with Crippen LogP contribution in [0.1, 0.15) is 46.0 Å². The Balaban J connectivity index is 2.10. The van der Waals surface area contributed by atoms with Gasteiger partial charge in [0, 0.05) is 32.8 Å². The van der Waals surface area contributed by atoms with Gasteiger partial charge in [0.2, 0.25) is 0 Å². The van der Waals surface area contributed by atoms with Crippen LogP contribution >= 0.6 is 0 Å². The minimum atomic E-state index is 0.734. The molecule has 1 unspecified atom stereocenters. The molecular weight excluding hydrogens is 224 g/mol. The van der Waals surface area contributed by atoms with E-state index < -0.39 is 0 Å². The molecule has 1 aliphatic carbocycles. The lowest BCUT2D eigenvalue weighted by Crippen LogP contribution is -2.41. The summed E-state index contributed by atoms with van der Waals surface area (Å²) in [4.78, 5) is 2.59. The second-order valence-electron chi connectivity index (χ2n) is 5.56.